The van der Waals surface area contributed by atoms with E-state index in [0.717, 1.165) is 63.6 Å². The van der Waals surface area contributed by atoms with Crippen LogP contribution in [0.2, 0.25) is 5.02 Å². The second-order valence-electron chi connectivity index (χ2n) is 10.5. The molecule has 3 heterocycles. The Kier molecular flexibility index (Phi) is 5.83. The van der Waals surface area contributed by atoms with Gasteiger partial charge in [-0.1, -0.05) is 11.6 Å². The number of hydrogen-bond acceptors (Lipinski definition) is 5. The van der Waals surface area contributed by atoms with Crippen LogP contribution in [0, 0.1) is 0 Å². The van der Waals surface area contributed by atoms with Crippen LogP contribution < -0.4 is 20.3 Å². The van der Waals surface area contributed by atoms with Gasteiger partial charge in [-0.05, 0) is 94.2 Å². The van der Waals surface area contributed by atoms with Crippen LogP contribution in [-0.2, 0) is 4.79 Å². The summed E-state index contributed by atoms with van der Waals surface area (Å²) >= 11 is 5.99. The Morgan fingerprint density at radius 3 is 2.23 bits per heavy atom. The molecule has 2 aliphatic heterocycles. The first-order valence-corrected chi connectivity index (χ1v) is 13.2. The molecule has 2 amide bonds. The quantitative estimate of drug-likeness (QED) is 0.601. The number of anilines is 1. The van der Waals surface area contributed by atoms with E-state index in [4.69, 9.17) is 16.3 Å². The number of fused-ring (bicyclic) bond motifs is 2. The third kappa shape index (κ3) is 4.58. The Morgan fingerprint density at radius 1 is 0.943 bits per heavy atom. The summed E-state index contributed by atoms with van der Waals surface area (Å²) in [6.45, 7) is 0. The normalized spacial score (nSPS) is 26.5. The molecule has 35 heavy (non-hydrogen) atoms. The summed E-state index contributed by atoms with van der Waals surface area (Å²) in [6, 6.07) is 12.2. The fourth-order valence-electron chi connectivity index (χ4n) is 5.76. The van der Waals surface area contributed by atoms with Crippen LogP contribution in [0.4, 0.5) is 5.82 Å². The largest absolute Gasteiger partial charge is 0.477 e. The molecule has 2 saturated carbocycles. The lowest BCUT2D eigenvalue weighted by Gasteiger charge is -2.44. The van der Waals surface area contributed by atoms with Crippen LogP contribution in [0.15, 0.2) is 42.6 Å². The molecule has 2 bridgehead atoms. The van der Waals surface area contributed by atoms with Crippen molar-refractivity contribution in [3.8, 4) is 5.75 Å². The molecule has 2 atom stereocenters. The van der Waals surface area contributed by atoms with Gasteiger partial charge < -0.3 is 20.3 Å². The molecule has 1 aromatic carbocycles. The SMILES string of the molecule is O=C(NC1CC1)c1ccc(N2C3CCC2CC(NC(=O)C2(Oc4ccc(Cl)cc4)CCC2)C3)nc1. The molecule has 0 radical (unpaired) electrons. The van der Waals surface area contributed by atoms with Crippen molar-refractivity contribution in [3.63, 3.8) is 0 Å². The molecular weight excluding hydrogens is 464 g/mol. The summed E-state index contributed by atoms with van der Waals surface area (Å²) in [5.41, 5.74) is -0.163. The molecule has 2 saturated heterocycles. The van der Waals surface area contributed by atoms with Crippen LogP contribution in [0.25, 0.3) is 0 Å². The lowest BCUT2D eigenvalue weighted by molar-refractivity contribution is -0.145. The number of aromatic nitrogens is 1. The second-order valence-corrected chi connectivity index (χ2v) is 10.9. The maximum Gasteiger partial charge on any atom is 0.264 e. The van der Waals surface area contributed by atoms with E-state index < -0.39 is 5.60 Å². The van der Waals surface area contributed by atoms with Gasteiger partial charge in [-0.15, -0.1) is 0 Å². The van der Waals surface area contributed by atoms with E-state index in [2.05, 4.69) is 20.5 Å². The van der Waals surface area contributed by atoms with E-state index in [9.17, 15) is 9.59 Å². The first-order valence-electron chi connectivity index (χ1n) is 12.8. The van der Waals surface area contributed by atoms with E-state index in [0.29, 0.717) is 34.5 Å². The smallest absolute Gasteiger partial charge is 0.264 e. The Bertz CT molecular complexity index is 1080. The molecular formula is C27H31ClN4O3. The number of carbonyl (C=O) groups excluding carboxylic acids is 2. The highest BCUT2D eigenvalue weighted by atomic mass is 35.5. The Morgan fingerprint density at radius 2 is 1.66 bits per heavy atom. The van der Waals surface area contributed by atoms with Gasteiger partial charge in [0.2, 0.25) is 0 Å². The van der Waals surface area contributed by atoms with Crippen LogP contribution in [0.3, 0.4) is 0 Å². The molecule has 6 rings (SSSR count). The van der Waals surface area contributed by atoms with Crippen LogP contribution in [0.5, 0.6) is 5.75 Å². The summed E-state index contributed by atoms with van der Waals surface area (Å²) in [5.74, 6) is 1.56. The average molecular weight is 495 g/mol. The van der Waals surface area contributed by atoms with Crippen molar-refractivity contribution >= 4 is 29.2 Å². The summed E-state index contributed by atoms with van der Waals surface area (Å²) in [5, 5.41) is 6.99. The summed E-state index contributed by atoms with van der Waals surface area (Å²) in [4.78, 5) is 32.7. The molecule has 4 fully saturated rings. The zero-order valence-corrected chi connectivity index (χ0v) is 20.5. The maximum absolute atomic E-state index is 13.3. The first kappa shape index (κ1) is 22.7. The van der Waals surface area contributed by atoms with Crippen molar-refractivity contribution < 1.29 is 14.3 Å². The molecule has 2 aromatic rings. The number of benzene rings is 1. The molecule has 2 unspecified atom stereocenters. The Hall–Kier alpha value is -2.80. The number of pyridine rings is 1. The predicted octanol–water partition coefficient (Wildman–Crippen LogP) is 4.24. The number of ether oxygens (including phenoxy) is 1. The fraction of sp³-hybridized carbons (Fsp3) is 0.519. The third-order valence-corrected chi connectivity index (χ3v) is 8.21. The number of halogens is 1. The van der Waals surface area contributed by atoms with Crippen molar-refractivity contribution in [2.75, 3.05) is 4.90 Å². The van der Waals surface area contributed by atoms with E-state index >= 15 is 0 Å². The highest BCUT2D eigenvalue weighted by Crippen LogP contribution is 2.41. The van der Waals surface area contributed by atoms with E-state index in [1.165, 1.54) is 0 Å². The minimum Gasteiger partial charge on any atom is -0.477 e. The standard InChI is InChI=1S/C27H31ClN4O3/c28-18-3-9-23(10-4-18)35-27(12-1-13-27)26(34)31-20-14-21-7-8-22(15-20)32(21)24-11-2-17(16-29-24)25(33)30-19-5-6-19/h2-4,9-11,16,19-22H,1,5-8,12-15H2,(H,30,33)(H,31,34). The van der Waals surface area contributed by atoms with Crippen molar-refractivity contribution in [2.24, 2.45) is 0 Å². The number of carbonyl (C=O) groups is 2. The van der Waals surface area contributed by atoms with Crippen molar-refractivity contribution in [1.29, 1.82) is 0 Å². The molecule has 4 aliphatic rings. The lowest BCUT2D eigenvalue weighted by Crippen LogP contribution is -2.60. The van der Waals surface area contributed by atoms with Gasteiger partial charge in [0.15, 0.2) is 5.60 Å². The summed E-state index contributed by atoms with van der Waals surface area (Å²) in [7, 11) is 0. The van der Waals surface area contributed by atoms with E-state index in [1.807, 2.05) is 24.3 Å². The Balaban J connectivity index is 1.08. The number of amides is 2. The molecule has 0 spiro atoms. The molecule has 2 N–H and O–H groups in total. The lowest BCUT2D eigenvalue weighted by atomic mass is 9.78. The summed E-state index contributed by atoms with van der Waals surface area (Å²) < 4.78 is 6.19. The summed E-state index contributed by atoms with van der Waals surface area (Å²) in [6.07, 6.45) is 10.3. The average Bonchev–Trinajstić information content (AvgIpc) is 3.60. The number of rotatable bonds is 7. The molecule has 7 nitrogen and oxygen atoms in total. The van der Waals surface area contributed by atoms with Gasteiger partial charge >= 0.3 is 0 Å². The number of nitrogens with one attached hydrogen (secondary N) is 2. The minimum absolute atomic E-state index is 0.000651. The van der Waals surface area contributed by atoms with Gasteiger partial charge in [-0.3, -0.25) is 9.59 Å². The number of nitrogens with zero attached hydrogens (tertiary/aromatic N) is 2. The number of hydrogen-bond donors (Lipinski definition) is 2. The third-order valence-electron chi connectivity index (χ3n) is 7.96. The molecule has 8 heteroatoms. The van der Waals surface area contributed by atoms with Gasteiger partial charge in [0, 0.05) is 35.4 Å². The van der Waals surface area contributed by atoms with Crippen molar-refractivity contribution in [1.82, 2.24) is 15.6 Å². The van der Waals surface area contributed by atoms with Gasteiger partial charge in [-0.25, -0.2) is 4.98 Å². The Labute approximate surface area is 210 Å². The fourth-order valence-corrected chi connectivity index (χ4v) is 5.88. The highest BCUT2D eigenvalue weighted by Gasteiger charge is 2.49. The number of piperidine rings is 1. The topological polar surface area (TPSA) is 83.6 Å². The van der Waals surface area contributed by atoms with Gasteiger partial charge in [0.05, 0.1) is 5.56 Å². The van der Waals surface area contributed by atoms with Crippen molar-refractivity contribution in [2.45, 2.75) is 87.6 Å². The van der Waals surface area contributed by atoms with Crippen molar-refractivity contribution in [3.05, 3.63) is 53.2 Å². The zero-order chi connectivity index (χ0) is 24.0. The first-order chi connectivity index (χ1) is 17.0. The van der Waals surface area contributed by atoms with Crippen LogP contribution in [0.1, 0.15) is 68.1 Å². The van der Waals surface area contributed by atoms with E-state index in [-0.39, 0.29) is 17.9 Å². The van der Waals surface area contributed by atoms with Crippen LogP contribution in [-0.4, -0.2) is 46.6 Å². The van der Waals surface area contributed by atoms with Crippen LogP contribution >= 0.6 is 11.6 Å². The zero-order valence-electron chi connectivity index (χ0n) is 19.7. The van der Waals surface area contributed by atoms with E-state index in [1.54, 1.807) is 18.3 Å². The van der Waals surface area contributed by atoms with Gasteiger partial charge in [0.25, 0.3) is 11.8 Å². The highest BCUT2D eigenvalue weighted by molar-refractivity contribution is 6.30. The molecule has 2 aliphatic carbocycles. The molecule has 1 aromatic heterocycles. The minimum atomic E-state index is -0.775. The van der Waals surface area contributed by atoms with Gasteiger partial charge in [-0.2, -0.15) is 0 Å². The predicted molar refractivity (Wildman–Crippen MR) is 134 cm³/mol. The monoisotopic (exact) mass is 494 g/mol. The second kappa shape index (κ2) is 9.01. The van der Waals surface area contributed by atoms with Gasteiger partial charge in [0.1, 0.15) is 11.6 Å². The molecule has 184 valence electrons. The maximum atomic E-state index is 13.3.